The maximum Gasteiger partial charge on any atom is 0.223 e. The monoisotopic (exact) mass is 234 g/mol. The summed E-state index contributed by atoms with van der Waals surface area (Å²) in [6, 6.07) is 2.23. The van der Waals surface area contributed by atoms with Gasteiger partial charge in [0.15, 0.2) is 0 Å². The molecule has 0 aliphatic heterocycles. The molecule has 2 saturated carbocycles. The average molecular weight is 234 g/mol. The number of hydrogen-bond acceptors (Lipinski definition) is 2. The number of amides is 1. The highest BCUT2D eigenvalue weighted by Crippen LogP contribution is 2.49. The summed E-state index contributed by atoms with van der Waals surface area (Å²) in [5.74, 6) is 2.46. The summed E-state index contributed by atoms with van der Waals surface area (Å²) in [6.07, 6.45) is 5.96. The van der Waals surface area contributed by atoms with Gasteiger partial charge in [0.05, 0.1) is 6.07 Å². The maximum absolute atomic E-state index is 12.2. The van der Waals surface area contributed by atoms with E-state index in [-0.39, 0.29) is 18.5 Å². The smallest absolute Gasteiger partial charge is 0.223 e. The molecule has 0 N–H and O–H groups in total. The summed E-state index contributed by atoms with van der Waals surface area (Å²) >= 11 is 0. The third kappa shape index (κ3) is 2.62. The van der Waals surface area contributed by atoms with Crippen molar-refractivity contribution in [2.24, 2.45) is 17.8 Å². The van der Waals surface area contributed by atoms with Crippen LogP contribution in [-0.2, 0) is 4.79 Å². The number of rotatable bonds is 4. The van der Waals surface area contributed by atoms with Gasteiger partial charge in [0.2, 0.25) is 5.91 Å². The summed E-state index contributed by atoms with van der Waals surface area (Å²) in [5, 5.41) is 8.76. The van der Waals surface area contributed by atoms with Crippen LogP contribution in [0.1, 0.15) is 46.0 Å². The normalized spacial score (nSPS) is 30.6. The first kappa shape index (κ1) is 12.4. The van der Waals surface area contributed by atoms with Crippen LogP contribution < -0.4 is 0 Å². The predicted molar refractivity (Wildman–Crippen MR) is 66.0 cm³/mol. The predicted octanol–water partition coefficient (Wildman–Crippen LogP) is 2.57. The summed E-state index contributed by atoms with van der Waals surface area (Å²) in [4.78, 5) is 13.9. The van der Waals surface area contributed by atoms with Crippen molar-refractivity contribution < 1.29 is 4.79 Å². The van der Waals surface area contributed by atoms with Gasteiger partial charge in [0, 0.05) is 12.5 Å². The van der Waals surface area contributed by atoms with E-state index in [4.69, 9.17) is 5.26 Å². The van der Waals surface area contributed by atoms with Gasteiger partial charge in [-0.2, -0.15) is 5.26 Å². The molecule has 1 amide bonds. The van der Waals surface area contributed by atoms with Crippen LogP contribution in [0, 0.1) is 29.1 Å². The van der Waals surface area contributed by atoms with Crippen molar-refractivity contribution in [3.05, 3.63) is 0 Å². The third-order valence-electron chi connectivity index (χ3n) is 4.51. The van der Waals surface area contributed by atoms with Crippen molar-refractivity contribution in [2.45, 2.75) is 52.0 Å². The number of carbonyl (C=O) groups is 1. The van der Waals surface area contributed by atoms with E-state index in [1.165, 1.54) is 25.7 Å². The molecule has 0 aromatic rings. The number of hydrogen-bond donors (Lipinski definition) is 0. The van der Waals surface area contributed by atoms with E-state index in [1.54, 1.807) is 4.90 Å². The van der Waals surface area contributed by atoms with Crippen molar-refractivity contribution in [3.63, 3.8) is 0 Å². The summed E-state index contributed by atoms with van der Waals surface area (Å²) < 4.78 is 0. The molecular weight excluding hydrogens is 212 g/mol. The van der Waals surface area contributed by atoms with E-state index in [1.807, 2.05) is 13.8 Å². The van der Waals surface area contributed by atoms with Crippen molar-refractivity contribution >= 4 is 5.91 Å². The Hall–Kier alpha value is -1.04. The molecule has 2 bridgehead atoms. The number of fused-ring (bicyclic) bond motifs is 2. The fraction of sp³-hybridized carbons (Fsp3) is 0.857. The lowest BCUT2D eigenvalue weighted by Gasteiger charge is -2.28. The molecule has 0 aromatic heterocycles. The van der Waals surface area contributed by atoms with Gasteiger partial charge in [-0.25, -0.2) is 0 Å². The largest absolute Gasteiger partial charge is 0.327 e. The van der Waals surface area contributed by atoms with E-state index in [0.29, 0.717) is 12.3 Å². The SMILES string of the molecule is CC(C)N(CC#N)C(=O)CC1CC2CCC1C2. The Labute approximate surface area is 104 Å². The van der Waals surface area contributed by atoms with Crippen LogP contribution in [0.3, 0.4) is 0 Å². The van der Waals surface area contributed by atoms with Crippen LogP contribution in [0.2, 0.25) is 0 Å². The van der Waals surface area contributed by atoms with Crippen molar-refractivity contribution in [3.8, 4) is 6.07 Å². The molecule has 0 spiro atoms. The van der Waals surface area contributed by atoms with Crippen LogP contribution in [0.15, 0.2) is 0 Å². The Morgan fingerprint density at radius 3 is 2.65 bits per heavy atom. The molecule has 0 saturated heterocycles. The van der Waals surface area contributed by atoms with Gasteiger partial charge in [-0.05, 0) is 50.9 Å². The quantitative estimate of drug-likeness (QED) is 0.702. The van der Waals surface area contributed by atoms with E-state index in [0.717, 1.165) is 11.8 Å². The minimum atomic E-state index is 0.140. The Morgan fingerprint density at radius 2 is 2.18 bits per heavy atom. The first-order chi connectivity index (χ1) is 8.11. The highest BCUT2D eigenvalue weighted by atomic mass is 16.2. The molecule has 2 fully saturated rings. The van der Waals surface area contributed by atoms with Crippen LogP contribution >= 0.6 is 0 Å². The molecule has 3 atom stereocenters. The van der Waals surface area contributed by atoms with Crippen LogP contribution in [0.5, 0.6) is 0 Å². The second-order valence-corrected chi connectivity index (χ2v) is 5.91. The molecule has 3 unspecified atom stereocenters. The van der Waals surface area contributed by atoms with Crippen LogP contribution in [-0.4, -0.2) is 23.4 Å². The van der Waals surface area contributed by atoms with Gasteiger partial charge >= 0.3 is 0 Å². The Bertz CT molecular complexity index is 332. The summed E-state index contributed by atoms with van der Waals surface area (Å²) in [5.41, 5.74) is 0. The lowest BCUT2D eigenvalue weighted by Crippen LogP contribution is -2.38. The average Bonchev–Trinajstić information content (AvgIpc) is 2.86. The Kier molecular flexibility index (Phi) is 3.71. The molecule has 0 heterocycles. The van der Waals surface area contributed by atoms with E-state index in [2.05, 4.69) is 6.07 Å². The molecule has 17 heavy (non-hydrogen) atoms. The fourth-order valence-electron chi connectivity index (χ4n) is 3.60. The Balaban J connectivity index is 1.89. The van der Waals surface area contributed by atoms with Gasteiger partial charge in [0.1, 0.15) is 6.54 Å². The molecule has 94 valence electrons. The molecule has 3 nitrogen and oxygen atoms in total. The highest BCUT2D eigenvalue weighted by molar-refractivity contribution is 5.77. The highest BCUT2D eigenvalue weighted by Gasteiger charge is 2.40. The Morgan fingerprint density at radius 1 is 1.41 bits per heavy atom. The topological polar surface area (TPSA) is 44.1 Å². The van der Waals surface area contributed by atoms with Gasteiger partial charge in [-0.15, -0.1) is 0 Å². The minimum absolute atomic E-state index is 0.140. The zero-order valence-corrected chi connectivity index (χ0v) is 10.9. The fourth-order valence-corrected chi connectivity index (χ4v) is 3.60. The van der Waals surface area contributed by atoms with Gasteiger partial charge in [-0.1, -0.05) is 6.42 Å². The third-order valence-corrected chi connectivity index (χ3v) is 4.51. The molecule has 2 aliphatic carbocycles. The zero-order valence-electron chi connectivity index (χ0n) is 10.9. The molecule has 0 radical (unpaired) electrons. The summed E-state index contributed by atoms with van der Waals surface area (Å²) in [7, 11) is 0. The van der Waals surface area contributed by atoms with Crippen molar-refractivity contribution in [1.82, 2.24) is 4.90 Å². The van der Waals surface area contributed by atoms with Gasteiger partial charge < -0.3 is 4.90 Å². The maximum atomic E-state index is 12.2. The van der Waals surface area contributed by atoms with Gasteiger partial charge in [0.25, 0.3) is 0 Å². The van der Waals surface area contributed by atoms with Gasteiger partial charge in [-0.3, -0.25) is 4.79 Å². The standard InChI is InChI=1S/C14H22N2O/c1-10(2)16(6-5-15)14(17)9-13-8-11-3-4-12(13)7-11/h10-13H,3-4,6-9H2,1-2H3. The molecule has 2 rings (SSSR count). The second kappa shape index (κ2) is 5.08. The minimum Gasteiger partial charge on any atom is -0.327 e. The van der Waals surface area contributed by atoms with Crippen LogP contribution in [0.25, 0.3) is 0 Å². The van der Waals surface area contributed by atoms with Crippen molar-refractivity contribution in [1.29, 1.82) is 5.26 Å². The molecule has 0 aromatic carbocycles. The lowest BCUT2D eigenvalue weighted by atomic mass is 9.86. The van der Waals surface area contributed by atoms with E-state index in [9.17, 15) is 4.79 Å². The second-order valence-electron chi connectivity index (χ2n) is 5.91. The number of nitrogens with zero attached hydrogens (tertiary/aromatic N) is 2. The molecule has 2 aliphatic rings. The first-order valence-electron chi connectivity index (χ1n) is 6.78. The molecule has 3 heteroatoms. The summed E-state index contributed by atoms with van der Waals surface area (Å²) in [6.45, 7) is 4.20. The van der Waals surface area contributed by atoms with Crippen molar-refractivity contribution in [2.75, 3.05) is 6.54 Å². The lowest BCUT2D eigenvalue weighted by molar-refractivity contribution is -0.133. The molecular formula is C14H22N2O. The number of nitriles is 1. The first-order valence-corrected chi connectivity index (χ1v) is 6.78. The van der Waals surface area contributed by atoms with E-state index < -0.39 is 0 Å². The zero-order chi connectivity index (χ0) is 12.4. The number of carbonyl (C=O) groups excluding carboxylic acids is 1. The van der Waals surface area contributed by atoms with E-state index >= 15 is 0 Å². The van der Waals surface area contributed by atoms with Crippen LogP contribution in [0.4, 0.5) is 0 Å².